The highest BCUT2D eigenvalue weighted by Gasteiger charge is 2.43. The van der Waals surface area contributed by atoms with Crippen LogP contribution in [0.25, 0.3) is 0 Å². The van der Waals surface area contributed by atoms with Crippen LogP contribution in [0.4, 0.5) is 4.79 Å². The van der Waals surface area contributed by atoms with Gasteiger partial charge in [0.05, 0.1) is 5.71 Å². The average molecular weight is 223 g/mol. The van der Waals surface area contributed by atoms with E-state index in [0.717, 1.165) is 0 Å². The van der Waals surface area contributed by atoms with Crippen molar-refractivity contribution < 1.29 is 23.9 Å². The van der Waals surface area contributed by atoms with Crippen LogP contribution in [0.1, 0.15) is 13.3 Å². The lowest BCUT2D eigenvalue weighted by Crippen LogP contribution is -2.58. The van der Waals surface area contributed by atoms with Crippen molar-refractivity contribution in [2.24, 2.45) is 5.10 Å². The second-order valence-electron chi connectivity index (χ2n) is 3.30. The van der Waals surface area contributed by atoms with Crippen LogP contribution in [0.15, 0.2) is 5.10 Å². The van der Waals surface area contributed by atoms with Crippen LogP contribution in [0, 0.1) is 0 Å². The van der Waals surface area contributed by atoms with Gasteiger partial charge in [-0.25, -0.2) is 9.59 Å². The number of hydrogen-bond acceptors (Lipinski definition) is 5. The third-order valence-corrected chi connectivity index (χ3v) is 2.01. The lowest BCUT2D eigenvalue weighted by atomic mass is 10.2. The van der Waals surface area contributed by atoms with Crippen molar-refractivity contribution in [3.8, 4) is 0 Å². The van der Waals surface area contributed by atoms with E-state index in [9.17, 15) is 19.2 Å². The smallest absolute Gasteiger partial charge is 0.268 e. The van der Waals surface area contributed by atoms with Crippen LogP contribution in [0.5, 0.6) is 0 Å². The number of carbonyl (C=O) groups excluding carboxylic acids is 4. The first-order chi connectivity index (χ1) is 7.49. The summed E-state index contributed by atoms with van der Waals surface area (Å²) in [5.74, 6) is -2.34. The minimum absolute atomic E-state index is 0.0536. The second-order valence-corrected chi connectivity index (χ2v) is 3.30. The van der Waals surface area contributed by atoms with Crippen LogP contribution in [-0.4, -0.2) is 39.9 Å². The number of amides is 5. The van der Waals surface area contributed by atoms with Gasteiger partial charge < -0.3 is 0 Å². The molecule has 1 saturated heterocycles. The summed E-state index contributed by atoms with van der Waals surface area (Å²) in [6, 6.07) is -0.911. The Morgan fingerprint density at radius 3 is 2.12 bits per heavy atom. The molecule has 8 heteroatoms. The van der Waals surface area contributed by atoms with E-state index >= 15 is 0 Å². The Morgan fingerprint density at radius 1 is 1.12 bits per heavy atom. The molecule has 0 atom stereocenters. The summed E-state index contributed by atoms with van der Waals surface area (Å²) in [6.45, 7) is 1.60. The molecule has 2 rings (SSSR count). The molecule has 0 aromatic heterocycles. The molecule has 2 aliphatic heterocycles. The Morgan fingerprint density at radius 2 is 1.69 bits per heavy atom. The standard InChI is InChI=1S/C8H6N4O4/c1-3-2-4(13)12(11-3)5-6(14)9-8(16)10-7(5)15/h2H2,1H3,(H-,9,10,14,15,16)/p+1. The van der Waals surface area contributed by atoms with Gasteiger partial charge in [0.15, 0.2) is 0 Å². The predicted octanol–water partition coefficient (Wildman–Crippen LogP) is -1.89. The molecule has 0 bridgehead atoms. The normalized spacial score (nSPS) is 20.9. The average Bonchev–Trinajstić information content (AvgIpc) is 2.43. The van der Waals surface area contributed by atoms with Gasteiger partial charge in [-0.1, -0.05) is 0 Å². The van der Waals surface area contributed by atoms with Crippen molar-refractivity contribution in [1.29, 1.82) is 0 Å². The number of imide groups is 2. The fraction of sp³-hybridized carbons (Fsp3) is 0.250. The maximum Gasteiger partial charge on any atom is 0.423 e. The van der Waals surface area contributed by atoms with Crippen molar-refractivity contribution in [2.75, 3.05) is 0 Å². The first kappa shape index (κ1) is 10.1. The highest BCUT2D eigenvalue weighted by atomic mass is 16.2. The molecule has 16 heavy (non-hydrogen) atoms. The summed E-state index contributed by atoms with van der Waals surface area (Å²) in [4.78, 5) is 44.9. The molecule has 2 heterocycles. The van der Waals surface area contributed by atoms with Crippen molar-refractivity contribution in [2.45, 2.75) is 13.3 Å². The lowest BCUT2D eigenvalue weighted by molar-refractivity contribution is -0.445. The summed E-state index contributed by atoms with van der Waals surface area (Å²) in [6.07, 6.45) is 0.0536. The van der Waals surface area contributed by atoms with Crippen molar-refractivity contribution >= 4 is 35.2 Å². The van der Waals surface area contributed by atoms with E-state index in [2.05, 4.69) is 5.10 Å². The monoisotopic (exact) mass is 223 g/mol. The van der Waals surface area contributed by atoms with Crippen LogP contribution >= 0.6 is 0 Å². The first-order valence-electron chi connectivity index (χ1n) is 4.39. The van der Waals surface area contributed by atoms with E-state index in [0.29, 0.717) is 10.4 Å². The maximum atomic E-state index is 11.4. The quantitative estimate of drug-likeness (QED) is 0.468. The molecule has 0 saturated carbocycles. The Balaban J connectivity index is 2.50. The van der Waals surface area contributed by atoms with Gasteiger partial charge in [0.1, 0.15) is 6.42 Å². The molecule has 2 aliphatic rings. The largest absolute Gasteiger partial charge is 0.423 e. The van der Waals surface area contributed by atoms with E-state index in [-0.39, 0.29) is 6.42 Å². The minimum Gasteiger partial charge on any atom is -0.268 e. The van der Waals surface area contributed by atoms with E-state index in [4.69, 9.17) is 0 Å². The third-order valence-electron chi connectivity index (χ3n) is 2.01. The summed E-state index contributed by atoms with van der Waals surface area (Å²) in [5, 5.41) is 7.47. The fourth-order valence-electron chi connectivity index (χ4n) is 1.38. The van der Waals surface area contributed by atoms with Crippen LogP contribution in [0.2, 0.25) is 0 Å². The number of hydrogen-bond donors (Lipinski definition) is 2. The van der Waals surface area contributed by atoms with Gasteiger partial charge in [-0.3, -0.25) is 20.2 Å². The molecule has 82 valence electrons. The number of hydrazone groups is 1. The van der Waals surface area contributed by atoms with Crippen LogP contribution < -0.4 is 10.6 Å². The number of rotatable bonds is 0. The fourth-order valence-corrected chi connectivity index (χ4v) is 1.38. The summed E-state index contributed by atoms with van der Waals surface area (Å²) < 4.78 is 0.715. The lowest BCUT2D eigenvalue weighted by Gasteiger charge is -2.08. The van der Waals surface area contributed by atoms with Crippen LogP contribution in [0.3, 0.4) is 0 Å². The van der Waals surface area contributed by atoms with Gasteiger partial charge in [0.25, 0.3) is 0 Å². The molecule has 0 unspecified atom stereocenters. The molecule has 0 spiro atoms. The van der Waals surface area contributed by atoms with Gasteiger partial charge in [-0.05, 0) is 6.92 Å². The second kappa shape index (κ2) is 3.33. The van der Waals surface area contributed by atoms with Gasteiger partial charge >= 0.3 is 29.5 Å². The highest BCUT2D eigenvalue weighted by molar-refractivity contribution is 6.67. The van der Waals surface area contributed by atoms with Gasteiger partial charge in [0.2, 0.25) is 0 Å². The zero-order valence-corrected chi connectivity index (χ0v) is 8.23. The molecular formula is C8H7N4O4+. The number of urea groups is 1. The summed E-state index contributed by atoms with van der Waals surface area (Å²) in [5.41, 5.74) is 0.0106. The molecule has 0 aromatic rings. The van der Waals surface area contributed by atoms with Crippen molar-refractivity contribution in [3.63, 3.8) is 0 Å². The van der Waals surface area contributed by atoms with Gasteiger partial charge in [0, 0.05) is 9.79 Å². The molecule has 5 amide bonds. The van der Waals surface area contributed by atoms with E-state index in [1.165, 1.54) is 0 Å². The molecule has 0 radical (unpaired) electrons. The van der Waals surface area contributed by atoms with E-state index in [1.54, 1.807) is 6.92 Å². The summed E-state index contributed by atoms with van der Waals surface area (Å²) >= 11 is 0. The number of carbonyl (C=O) groups is 4. The molecule has 1 fully saturated rings. The third kappa shape index (κ3) is 1.49. The predicted molar refractivity (Wildman–Crippen MR) is 49.7 cm³/mol. The number of barbiturate groups is 1. The topological polar surface area (TPSA) is 108 Å². The number of nitrogens with one attached hydrogen (secondary N) is 2. The molecular weight excluding hydrogens is 216 g/mol. The SMILES string of the molecule is CC1=N[N+](=C2C(=O)NC(=O)NC2=O)C(=O)C1. The molecule has 2 N–H and O–H groups in total. The Kier molecular flexibility index (Phi) is 2.11. The van der Waals surface area contributed by atoms with E-state index < -0.39 is 29.5 Å². The molecule has 0 aromatic carbocycles. The maximum absolute atomic E-state index is 11.4. The minimum atomic E-state index is -0.930. The van der Waals surface area contributed by atoms with Gasteiger partial charge in [-0.2, -0.15) is 0 Å². The Labute approximate surface area is 89.0 Å². The highest BCUT2D eigenvalue weighted by Crippen LogP contribution is 2.04. The zero-order valence-electron chi connectivity index (χ0n) is 8.23. The Bertz CT molecular complexity index is 480. The van der Waals surface area contributed by atoms with E-state index in [1.807, 2.05) is 10.6 Å². The number of nitrogens with zero attached hydrogens (tertiary/aromatic N) is 2. The zero-order chi connectivity index (χ0) is 11.9. The first-order valence-corrected chi connectivity index (χ1v) is 4.39. The summed E-state index contributed by atoms with van der Waals surface area (Å²) in [7, 11) is 0. The molecule has 8 nitrogen and oxygen atoms in total. The van der Waals surface area contributed by atoms with Crippen molar-refractivity contribution in [1.82, 2.24) is 10.6 Å². The van der Waals surface area contributed by atoms with Crippen LogP contribution in [-0.2, 0) is 14.4 Å². The molecule has 0 aliphatic carbocycles. The van der Waals surface area contributed by atoms with Crippen molar-refractivity contribution in [3.05, 3.63) is 0 Å². The van der Waals surface area contributed by atoms with Gasteiger partial charge in [-0.15, -0.1) is 0 Å². The Hall–Kier alpha value is -2.38.